The third-order valence-corrected chi connectivity index (χ3v) is 12.7. The summed E-state index contributed by atoms with van der Waals surface area (Å²) in [6.45, 7) is 0. The van der Waals surface area contributed by atoms with Crippen molar-refractivity contribution in [3.05, 3.63) is 259 Å². The molecule has 12 rings (SSSR count). The van der Waals surface area contributed by atoms with E-state index in [-0.39, 0.29) is 0 Å². The molecular weight excluding hydrogens is 739 g/mol. The van der Waals surface area contributed by atoms with Crippen LogP contribution in [0.15, 0.2) is 241 Å². The van der Waals surface area contributed by atoms with E-state index in [9.17, 15) is 0 Å². The molecular formula is C59H39NO. The summed E-state index contributed by atoms with van der Waals surface area (Å²) in [6.07, 6.45) is 0. The topological polar surface area (TPSA) is 16.4 Å². The standard InChI is InChI=1S/C59H39NO/c1-5-18-40(19-6-1)41-32-34-45(35-33-41)60(55-30-17-31-56-57(55)52-39-51(42-20-7-2-8-21-42)47-26-13-14-28-50(47)58(52)61-56)46-36-37-49-48-27-15-16-29-53(48)59(54(49)38-46,43-22-9-3-10-23-43)44-24-11-4-12-25-44/h1-39H. The van der Waals surface area contributed by atoms with Gasteiger partial charge < -0.3 is 9.32 Å². The Morgan fingerprint density at radius 3 is 1.61 bits per heavy atom. The van der Waals surface area contributed by atoms with Crippen LogP contribution in [0.4, 0.5) is 17.1 Å². The van der Waals surface area contributed by atoms with Crippen molar-refractivity contribution in [1.82, 2.24) is 0 Å². The quantitative estimate of drug-likeness (QED) is 0.160. The molecule has 1 aromatic heterocycles. The zero-order valence-corrected chi connectivity index (χ0v) is 33.4. The highest BCUT2D eigenvalue weighted by Crippen LogP contribution is 2.57. The number of benzene rings is 10. The molecule has 2 nitrogen and oxygen atoms in total. The highest BCUT2D eigenvalue weighted by molar-refractivity contribution is 6.22. The van der Waals surface area contributed by atoms with Crippen LogP contribution in [-0.2, 0) is 5.41 Å². The number of furan rings is 1. The number of hydrogen-bond donors (Lipinski definition) is 0. The molecule has 0 atom stereocenters. The average molecular weight is 778 g/mol. The monoisotopic (exact) mass is 777 g/mol. The largest absolute Gasteiger partial charge is 0.455 e. The molecule has 0 saturated carbocycles. The van der Waals surface area contributed by atoms with Gasteiger partial charge >= 0.3 is 0 Å². The van der Waals surface area contributed by atoms with Gasteiger partial charge in [0, 0.05) is 22.1 Å². The Bertz CT molecular complexity index is 3350. The summed E-state index contributed by atoms with van der Waals surface area (Å²) in [6, 6.07) is 85.9. The molecule has 0 fully saturated rings. The van der Waals surface area contributed by atoms with Crippen LogP contribution in [-0.4, -0.2) is 0 Å². The van der Waals surface area contributed by atoms with Crippen LogP contribution in [0.5, 0.6) is 0 Å². The van der Waals surface area contributed by atoms with E-state index >= 15 is 0 Å². The van der Waals surface area contributed by atoms with Crippen LogP contribution in [0.2, 0.25) is 0 Å². The molecule has 286 valence electrons. The maximum atomic E-state index is 6.93. The van der Waals surface area contributed by atoms with Gasteiger partial charge in [-0.25, -0.2) is 0 Å². The van der Waals surface area contributed by atoms with Crippen molar-refractivity contribution in [3.8, 4) is 33.4 Å². The lowest BCUT2D eigenvalue weighted by molar-refractivity contribution is 0.672. The van der Waals surface area contributed by atoms with Crippen LogP contribution < -0.4 is 4.90 Å². The Kier molecular flexibility index (Phi) is 8.11. The predicted molar refractivity (Wildman–Crippen MR) is 254 cm³/mol. The van der Waals surface area contributed by atoms with Crippen molar-refractivity contribution in [2.75, 3.05) is 4.90 Å². The molecule has 1 heterocycles. The van der Waals surface area contributed by atoms with Crippen LogP contribution in [0, 0.1) is 0 Å². The van der Waals surface area contributed by atoms with Crippen molar-refractivity contribution in [1.29, 1.82) is 0 Å². The third kappa shape index (κ3) is 5.43. The Morgan fingerprint density at radius 1 is 0.344 bits per heavy atom. The first-order valence-corrected chi connectivity index (χ1v) is 21.0. The molecule has 1 aliphatic carbocycles. The number of hydrogen-bond acceptors (Lipinski definition) is 2. The predicted octanol–water partition coefficient (Wildman–Crippen LogP) is 15.9. The van der Waals surface area contributed by atoms with Crippen molar-refractivity contribution < 1.29 is 4.42 Å². The van der Waals surface area contributed by atoms with E-state index in [1.54, 1.807) is 0 Å². The summed E-state index contributed by atoms with van der Waals surface area (Å²) in [7, 11) is 0. The van der Waals surface area contributed by atoms with Gasteiger partial charge in [-0.05, 0) is 103 Å². The summed E-state index contributed by atoms with van der Waals surface area (Å²) in [5.74, 6) is 0. The smallest absolute Gasteiger partial charge is 0.143 e. The first kappa shape index (κ1) is 35.0. The van der Waals surface area contributed by atoms with E-state index in [0.29, 0.717) is 0 Å². The number of anilines is 3. The third-order valence-electron chi connectivity index (χ3n) is 12.7. The summed E-state index contributed by atoms with van der Waals surface area (Å²) in [5, 5.41) is 4.44. The maximum Gasteiger partial charge on any atom is 0.143 e. The normalized spacial score (nSPS) is 12.7. The molecule has 0 bridgehead atoms. The minimum Gasteiger partial charge on any atom is -0.455 e. The minimum absolute atomic E-state index is 0.537. The Labute approximate surface area is 355 Å². The van der Waals surface area contributed by atoms with Crippen molar-refractivity contribution in [2.45, 2.75) is 5.41 Å². The van der Waals surface area contributed by atoms with E-state index in [2.05, 4.69) is 241 Å². The van der Waals surface area contributed by atoms with Crippen LogP contribution in [0.1, 0.15) is 22.3 Å². The Morgan fingerprint density at radius 2 is 0.902 bits per heavy atom. The molecule has 10 aromatic carbocycles. The molecule has 0 saturated heterocycles. The molecule has 61 heavy (non-hydrogen) atoms. The van der Waals surface area contributed by atoms with Gasteiger partial charge in [0.05, 0.1) is 16.5 Å². The molecule has 11 aromatic rings. The molecule has 2 heteroatoms. The zero-order valence-electron chi connectivity index (χ0n) is 33.4. The number of rotatable bonds is 7. The van der Waals surface area contributed by atoms with E-state index in [1.807, 2.05) is 0 Å². The highest BCUT2D eigenvalue weighted by atomic mass is 16.3. The van der Waals surface area contributed by atoms with Gasteiger partial charge in [0.25, 0.3) is 0 Å². The van der Waals surface area contributed by atoms with E-state index in [0.717, 1.165) is 44.4 Å². The Hall–Kier alpha value is -7.94. The number of fused-ring (bicyclic) bond motifs is 8. The van der Waals surface area contributed by atoms with E-state index in [1.165, 1.54) is 61.0 Å². The van der Waals surface area contributed by atoms with Crippen LogP contribution >= 0.6 is 0 Å². The summed E-state index contributed by atoms with van der Waals surface area (Å²) in [5.41, 5.74) is 16.7. The minimum atomic E-state index is -0.537. The van der Waals surface area contributed by atoms with E-state index in [4.69, 9.17) is 4.42 Å². The fourth-order valence-corrected chi connectivity index (χ4v) is 10.1. The van der Waals surface area contributed by atoms with Crippen LogP contribution in [0.25, 0.3) is 66.1 Å². The lowest BCUT2D eigenvalue weighted by atomic mass is 9.67. The first-order chi connectivity index (χ1) is 30.3. The first-order valence-electron chi connectivity index (χ1n) is 21.0. The van der Waals surface area contributed by atoms with Gasteiger partial charge in [-0.3, -0.25) is 0 Å². The molecule has 0 unspecified atom stereocenters. The van der Waals surface area contributed by atoms with Gasteiger partial charge in [-0.1, -0.05) is 194 Å². The van der Waals surface area contributed by atoms with E-state index < -0.39 is 5.41 Å². The zero-order chi connectivity index (χ0) is 40.3. The molecule has 1 aliphatic rings. The second-order valence-corrected chi connectivity index (χ2v) is 16.0. The lowest BCUT2D eigenvalue weighted by Gasteiger charge is -2.35. The van der Waals surface area contributed by atoms with Crippen molar-refractivity contribution in [2.24, 2.45) is 0 Å². The van der Waals surface area contributed by atoms with Crippen LogP contribution in [0.3, 0.4) is 0 Å². The summed E-state index contributed by atoms with van der Waals surface area (Å²) >= 11 is 0. The lowest BCUT2D eigenvalue weighted by Crippen LogP contribution is -2.28. The molecule has 0 spiro atoms. The van der Waals surface area contributed by atoms with Gasteiger partial charge in [-0.2, -0.15) is 0 Å². The highest BCUT2D eigenvalue weighted by Gasteiger charge is 2.46. The average Bonchev–Trinajstić information content (AvgIpc) is 3.87. The molecule has 0 aliphatic heterocycles. The molecule has 0 N–H and O–H groups in total. The number of nitrogens with zero attached hydrogens (tertiary/aromatic N) is 1. The molecule has 0 radical (unpaired) electrons. The van der Waals surface area contributed by atoms with Gasteiger partial charge in [0.2, 0.25) is 0 Å². The SMILES string of the molecule is c1ccc(-c2ccc(N(c3ccc4c(c3)C(c3ccccc3)(c3ccccc3)c3ccccc3-4)c3cccc4oc5c6ccccc6c(-c6ccccc6)cc5c34)cc2)cc1. The van der Waals surface area contributed by atoms with Gasteiger partial charge in [0.15, 0.2) is 0 Å². The van der Waals surface area contributed by atoms with Gasteiger partial charge in [0.1, 0.15) is 11.2 Å². The summed E-state index contributed by atoms with van der Waals surface area (Å²) in [4.78, 5) is 2.44. The summed E-state index contributed by atoms with van der Waals surface area (Å²) < 4.78 is 6.93. The fourth-order valence-electron chi connectivity index (χ4n) is 10.1. The van der Waals surface area contributed by atoms with Gasteiger partial charge in [-0.15, -0.1) is 0 Å². The second kappa shape index (κ2) is 14.1. The van der Waals surface area contributed by atoms with Crippen molar-refractivity contribution >= 4 is 49.8 Å². The molecule has 0 amide bonds. The fraction of sp³-hybridized carbons (Fsp3) is 0.0169. The second-order valence-electron chi connectivity index (χ2n) is 16.0. The Balaban J connectivity index is 1.15. The maximum absolute atomic E-state index is 6.93. The van der Waals surface area contributed by atoms with Crippen molar-refractivity contribution in [3.63, 3.8) is 0 Å².